The fourth-order valence-electron chi connectivity index (χ4n) is 2.74. The van der Waals surface area contributed by atoms with Gasteiger partial charge < -0.3 is 19.5 Å². The van der Waals surface area contributed by atoms with Gasteiger partial charge in [-0.3, -0.25) is 4.79 Å². The number of amides is 1. The second kappa shape index (κ2) is 10.5. The molecule has 0 saturated heterocycles. The molecule has 0 atom stereocenters. The average Bonchev–Trinajstić information content (AvgIpc) is 3.00. The summed E-state index contributed by atoms with van der Waals surface area (Å²) in [5, 5.41) is 12.6. The number of carbonyl (C=O) groups is 2. The molecule has 2 aromatic rings. The van der Waals surface area contributed by atoms with Crippen molar-refractivity contribution in [1.29, 1.82) is 5.26 Å². The molecular weight excluding hydrogens is 404 g/mol. The number of rotatable bonds is 8. The Labute approximate surface area is 179 Å². The minimum atomic E-state index is -0.630. The van der Waals surface area contributed by atoms with Crippen LogP contribution in [0.25, 0.3) is 6.08 Å². The summed E-state index contributed by atoms with van der Waals surface area (Å²) in [5.74, 6) is -0.200. The number of hydrogen-bond donors (Lipinski definition) is 1. The van der Waals surface area contributed by atoms with E-state index < -0.39 is 11.9 Å². The molecule has 0 radical (unpaired) electrons. The maximum Gasteiger partial charge on any atom is 0.341 e. The van der Waals surface area contributed by atoms with Gasteiger partial charge in [0.05, 0.1) is 25.9 Å². The van der Waals surface area contributed by atoms with Crippen LogP contribution in [0.5, 0.6) is 11.5 Å². The van der Waals surface area contributed by atoms with E-state index in [9.17, 15) is 14.9 Å². The number of ether oxygens (including phenoxy) is 3. The van der Waals surface area contributed by atoms with E-state index in [1.165, 1.54) is 24.5 Å². The molecule has 0 aliphatic rings. The van der Waals surface area contributed by atoms with Crippen LogP contribution in [0.2, 0.25) is 0 Å². The number of methoxy groups -OCH3 is 1. The molecule has 0 aliphatic carbocycles. The van der Waals surface area contributed by atoms with Gasteiger partial charge in [-0.1, -0.05) is 12.1 Å². The van der Waals surface area contributed by atoms with Crippen molar-refractivity contribution in [1.82, 2.24) is 0 Å². The molecule has 158 valence electrons. The summed E-state index contributed by atoms with van der Waals surface area (Å²) in [4.78, 5) is 26.0. The molecule has 1 heterocycles. The third-order valence-electron chi connectivity index (χ3n) is 4.27. The lowest BCUT2D eigenvalue weighted by Gasteiger charge is -2.12. The molecule has 1 aromatic carbocycles. The average molecular weight is 429 g/mol. The molecule has 8 heteroatoms. The van der Waals surface area contributed by atoms with Crippen molar-refractivity contribution in [3.63, 3.8) is 0 Å². The van der Waals surface area contributed by atoms with Crippen molar-refractivity contribution in [2.45, 2.75) is 27.7 Å². The summed E-state index contributed by atoms with van der Waals surface area (Å²) < 4.78 is 16.0. The lowest BCUT2D eigenvalue weighted by Crippen LogP contribution is -2.16. The summed E-state index contributed by atoms with van der Waals surface area (Å²) in [5.41, 5.74) is 1.44. The maximum absolute atomic E-state index is 12.8. The molecule has 1 aromatic heterocycles. The molecule has 0 bridgehead atoms. The number of nitrogens with zero attached hydrogens (tertiary/aromatic N) is 1. The number of nitrogens with one attached hydrogen (secondary N) is 1. The monoisotopic (exact) mass is 428 g/mol. The third-order valence-corrected chi connectivity index (χ3v) is 5.40. The first kappa shape index (κ1) is 23.0. The largest absolute Gasteiger partial charge is 0.493 e. The van der Waals surface area contributed by atoms with Gasteiger partial charge in [0.15, 0.2) is 11.5 Å². The fourth-order valence-corrected chi connectivity index (χ4v) is 3.79. The number of anilines is 1. The molecule has 0 aliphatic heterocycles. The van der Waals surface area contributed by atoms with Gasteiger partial charge in [-0.15, -0.1) is 11.3 Å². The zero-order valence-electron chi connectivity index (χ0n) is 17.6. The van der Waals surface area contributed by atoms with Crippen molar-refractivity contribution in [3.05, 3.63) is 45.3 Å². The highest BCUT2D eigenvalue weighted by molar-refractivity contribution is 7.16. The van der Waals surface area contributed by atoms with Crippen LogP contribution in [0.1, 0.15) is 40.2 Å². The van der Waals surface area contributed by atoms with Crippen molar-refractivity contribution < 1.29 is 23.8 Å². The summed E-state index contributed by atoms with van der Waals surface area (Å²) in [6, 6.07) is 7.11. The Morgan fingerprint density at radius 1 is 1.23 bits per heavy atom. The van der Waals surface area contributed by atoms with Crippen LogP contribution in [0, 0.1) is 25.2 Å². The minimum absolute atomic E-state index is 0.136. The van der Waals surface area contributed by atoms with Gasteiger partial charge in [-0.05, 0) is 45.4 Å². The summed E-state index contributed by atoms with van der Waals surface area (Å²) in [7, 11) is 1.52. The van der Waals surface area contributed by atoms with E-state index in [0.717, 1.165) is 10.4 Å². The van der Waals surface area contributed by atoms with Crippen LogP contribution in [-0.4, -0.2) is 32.2 Å². The van der Waals surface area contributed by atoms with Gasteiger partial charge in [0, 0.05) is 10.4 Å². The molecule has 7 nitrogen and oxygen atoms in total. The van der Waals surface area contributed by atoms with Crippen molar-refractivity contribution >= 4 is 34.3 Å². The van der Waals surface area contributed by atoms with E-state index >= 15 is 0 Å². The molecule has 30 heavy (non-hydrogen) atoms. The lowest BCUT2D eigenvalue weighted by molar-refractivity contribution is -0.112. The number of hydrogen-bond acceptors (Lipinski definition) is 7. The normalized spacial score (nSPS) is 10.9. The molecule has 1 amide bonds. The number of esters is 1. The highest BCUT2D eigenvalue weighted by Crippen LogP contribution is 2.35. The van der Waals surface area contributed by atoms with Crippen molar-refractivity contribution in [2.75, 3.05) is 25.6 Å². The van der Waals surface area contributed by atoms with Crippen LogP contribution in [-0.2, 0) is 9.53 Å². The minimum Gasteiger partial charge on any atom is -0.493 e. The second-order valence-corrected chi connectivity index (χ2v) is 7.37. The summed E-state index contributed by atoms with van der Waals surface area (Å²) in [6.45, 7) is 7.80. The number of nitriles is 1. The Kier molecular flexibility index (Phi) is 8.01. The number of aryl methyl sites for hydroxylation is 1. The maximum atomic E-state index is 12.8. The zero-order valence-corrected chi connectivity index (χ0v) is 18.4. The van der Waals surface area contributed by atoms with Gasteiger partial charge in [-0.2, -0.15) is 5.26 Å². The first-order valence-electron chi connectivity index (χ1n) is 9.37. The Balaban J connectivity index is 2.41. The Morgan fingerprint density at radius 2 is 1.97 bits per heavy atom. The molecule has 0 unspecified atom stereocenters. The van der Waals surface area contributed by atoms with Gasteiger partial charge in [0.2, 0.25) is 0 Å². The van der Waals surface area contributed by atoms with Gasteiger partial charge in [0.25, 0.3) is 5.91 Å². The number of benzene rings is 1. The summed E-state index contributed by atoms with van der Waals surface area (Å²) >= 11 is 1.26. The number of carbonyl (C=O) groups excluding carboxylic acids is 2. The molecule has 0 fully saturated rings. The SMILES string of the molecule is CCOC(=O)c1c(NC(=O)/C(C#N)=C/c2cccc(OC)c2OCC)sc(C)c1C. The predicted molar refractivity (Wildman–Crippen MR) is 116 cm³/mol. The molecule has 1 N–H and O–H groups in total. The Bertz CT molecular complexity index is 1020. The van der Waals surface area contributed by atoms with E-state index in [1.807, 2.05) is 19.9 Å². The Hall–Kier alpha value is -3.31. The van der Waals surface area contributed by atoms with Crippen LogP contribution in [0.15, 0.2) is 23.8 Å². The van der Waals surface area contributed by atoms with E-state index in [2.05, 4.69) is 5.32 Å². The Morgan fingerprint density at radius 3 is 2.57 bits per heavy atom. The first-order chi connectivity index (χ1) is 14.4. The van der Waals surface area contributed by atoms with Gasteiger partial charge in [-0.25, -0.2) is 4.79 Å². The standard InChI is InChI=1S/C22H24N2O5S/c1-6-28-19-15(9-8-10-17(19)27-5)11-16(12-23)20(25)24-21-18(22(26)29-7-2)13(3)14(4)30-21/h8-11H,6-7H2,1-5H3,(H,24,25)/b16-11+. The topological polar surface area (TPSA) is 97.7 Å². The molecule has 0 saturated carbocycles. The van der Waals surface area contributed by atoms with E-state index in [4.69, 9.17) is 14.2 Å². The van der Waals surface area contributed by atoms with Gasteiger partial charge >= 0.3 is 5.97 Å². The third kappa shape index (κ3) is 4.99. The summed E-state index contributed by atoms with van der Waals surface area (Å²) in [6.07, 6.45) is 1.43. The predicted octanol–water partition coefficient (Wildman–Crippen LogP) is 4.49. The zero-order chi connectivity index (χ0) is 22.3. The van der Waals surface area contributed by atoms with Crippen LogP contribution in [0.3, 0.4) is 0 Å². The fraction of sp³-hybridized carbons (Fsp3) is 0.318. The van der Waals surface area contributed by atoms with E-state index in [0.29, 0.717) is 34.2 Å². The number of thiophene rings is 1. The lowest BCUT2D eigenvalue weighted by atomic mass is 10.1. The smallest absolute Gasteiger partial charge is 0.341 e. The van der Waals surface area contributed by atoms with Crippen LogP contribution >= 0.6 is 11.3 Å². The molecule has 0 spiro atoms. The highest BCUT2D eigenvalue weighted by Gasteiger charge is 2.23. The van der Waals surface area contributed by atoms with Crippen LogP contribution in [0.4, 0.5) is 5.00 Å². The highest BCUT2D eigenvalue weighted by atomic mass is 32.1. The van der Waals surface area contributed by atoms with E-state index in [-0.39, 0.29) is 12.2 Å². The van der Waals surface area contributed by atoms with Crippen molar-refractivity contribution in [2.24, 2.45) is 0 Å². The first-order valence-corrected chi connectivity index (χ1v) is 10.2. The number of para-hydroxylation sites is 1. The van der Waals surface area contributed by atoms with Crippen molar-refractivity contribution in [3.8, 4) is 17.6 Å². The van der Waals surface area contributed by atoms with Gasteiger partial charge in [0.1, 0.15) is 16.6 Å². The molecule has 2 rings (SSSR count). The van der Waals surface area contributed by atoms with E-state index in [1.54, 1.807) is 32.0 Å². The second-order valence-electron chi connectivity index (χ2n) is 6.14. The molecular formula is C22H24N2O5S. The van der Waals surface area contributed by atoms with Crippen LogP contribution < -0.4 is 14.8 Å². The quantitative estimate of drug-likeness (QED) is 0.378.